The predicted molar refractivity (Wildman–Crippen MR) is 189 cm³/mol. The number of carbonyl (C=O) groups excluding carboxylic acids is 2. The summed E-state index contributed by atoms with van der Waals surface area (Å²) in [5, 5.41) is 3.22. The van der Waals surface area contributed by atoms with E-state index in [1.807, 2.05) is 75.4 Å². The fraction of sp³-hybridized carbons (Fsp3) is 0.333. The van der Waals surface area contributed by atoms with Gasteiger partial charge >= 0.3 is 0 Å². The van der Waals surface area contributed by atoms with Crippen LogP contribution in [0.2, 0.25) is 0 Å². The Morgan fingerprint density at radius 1 is 0.812 bits per heavy atom. The Morgan fingerprint density at radius 3 is 2.06 bits per heavy atom. The van der Waals surface area contributed by atoms with Gasteiger partial charge in [0.25, 0.3) is 10.0 Å². The lowest BCUT2D eigenvalue weighted by atomic mass is 10.0. The van der Waals surface area contributed by atoms with Crippen LogP contribution in [0.3, 0.4) is 0 Å². The third kappa shape index (κ3) is 8.63. The molecule has 0 heterocycles. The van der Waals surface area contributed by atoms with E-state index in [1.165, 1.54) is 0 Å². The second-order valence-corrected chi connectivity index (χ2v) is 14.3. The summed E-state index contributed by atoms with van der Waals surface area (Å²) >= 11 is 0. The van der Waals surface area contributed by atoms with Crippen LogP contribution in [0, 0.1) is 13.8 Å². The fourth-order valence-corrected chi connectivity index (χ4v) is 7.53. The average molecular weight is 668 g/mol. The third-order valence-corrected chi connectivity index (χ3v) is 10.5. The van der Waals surface area contributed by atoms with Gasteiger partial charge in [-0.2, -0.15) is 0 Å². The van der Waals surface area contributed by atoms with Crippen LogP contribution in [0.4, 0.5) is 5.69 Å². The predicted octanol–water partition coefficient (Wildman–Crippen LogP) is 6.60. The van der Waals surface area contributed by atoms with E-state index in [-0.39, 0.29) is 35.5 Å². The van der Waals surface area contributed by atoms with Gasteiger partial charge in [0.2, 0.25) is 11.8 Å². The normalized spacial score (nSPS) is 13.9. The van der Waals surface area contributed by atoms with Crippen molar-refractivity contribution in [3.8, 4) is 5.75 Å². The summed E-state index contributed by atoms with van der Waals surface area (Å²) in [4.78, 5) is 30.6. The monoisotopic (exact) mass is 667 g/mol. The maximum Gasteiger partial charge on any atom is 0.264 e. The standard InChI is InChI=1S/C39H45N3O5S/c1-4-47-37-17-11-10-16-35(37)42(48(45,46)34-24-20-30(3)21-25-34)28-38(43)41(27-32-22-18-29(2)19-23-32)36(26-31-12-6-5-7-13-31)39(44)40-33-14-8-9-15-33/h5-7,10-13,16-25,33,36H,4,8-9,14-15,26-28H2,1-3H3,(H,40,44). The van der Waals surface area contributed by atoms with E-state index in [0.29, 0.717) is 12.4 Å². The Bertz CT molecular complexity index is 1770. The summed E-state index contributed by atoms with van der Waals surface area (Å²) in [6, 6.07) is 30.0. The lowest BCUT2D eigenvalue weighted by molar-refractivity contribution is -0.140. The number of nitrogens with one attached hydrogen (secondary N) is 1. The molecule has 252 valence electrons. The second-order valence-electron chi connectivity index (χ2n) is 12.4. The zero-order valence-electron chi connectivity index (χ0n) is 28.0. The van der Waals surface area contributed by atoms with Crippen molar-refractivity contribution in [3.05, 3.63) is 125 Å². The minimum Gasteiger partial charge on any atom is -0.492 e. The summed E-state index contributed by atoms with van der Waals surface area (Å²) in [5.41, 5.74) is 3.96. The van der Waals surface area contributed by atoms with E-state index >= 15 is 0 Å². The highest BCUT2D eigenvalue weighted by Gasteiger charge is 2.36. The van der Waals surface area contributed by atoms with Gasteiger partial charge in [-0.15, -0.1) is 0 Å². The van der Waals surface area contributed by atoms with Crippen LogP contribution in [0.5, 0.6) is 5.75 Å². The SMILES string of the molecule is CCOc1ccccc1N(CC(=O)N(Cc1ccc(C)cc1)C(Cc1ccccc1)C(=O)NC1CCCC1)S(=O)(=O)c1ccc(C)cc1. The van der Waals surface area contributed by atoms with Crippen LogP contribution in [-0.4, -0.2) is 50.4 Å². The zero-order chi connectivity index (χ0) is 34.1. The van der Waals surface area contributed by atoms with Crippen molar-refractivity contribution in [1.29, 1.82) is 0 Å². The number of amides is 2. The molecular formula is C39H45N3O5S. The molecule has 0 bridgehead atoms. The second kappa shape index (κ2) is 16.0. The number of nitrogens with zero attached hydrogens (tertiary/aromatic N) is 2. The largest absolute Gasteiger partial charge is 0.492 e. The molecule has 0 aliphatic heterocycles. The van der Waals surface area contributed by atoms with Gasteiger partial charge in [0, 0.05) is 19.0 Å². The van der Waals surface area contributed by atoms with Crippen LogP contribution in [0.1, 0.15) is 54.9 Å². The molecule has 1 unspecified atom stereocenters. The molecule has 0 saturated heterocycles. The minimum atomic E-state index is -4.24. The van der Waals surface area contributed by atoms with Gasteiger partial charge in [-0.05, 0) is 69.0 Å². The van der Waals surface area contributed by atoms with Gasteiger partial charge in [0.05, 0.1) is 17.2 Å². The molecule has 5 rings (SSSR count). The molecule has 0 aromatic heterocycles. The number of carbonyl (C=O) groups is 2. The van der Waals surface area contributed by atoms with Gasteiger partial charge in [-0.1, -0.05) is 103 Å². The van der Waals surface area contributed by atoms with Crippen molar-refractivity contribution in [2.24, 2.45) is 0 Å². The lowest BCUT2D eigenvalue weighted by Crippen LogP contribution is -2.54. The molecule has 1 aliphatic carbocycles. The number of benzene rings is 4. The van der Waals surface area contributed by atoms with Gasteiger partial charge in [0.15, 0.2) is 0 Å². The Kier molecular flexibility index (Phi) is 11.5. The van der Waals surface area contributed by atoms with Gasteiger partial charge < -0.3 is 15.0 Å². The van der Waals surface area contributed by atoms with E-state index in [4.69, 9.17) is 4.74 Å². The van der Waals surface area contributed by atoms with Crippen LogP contribution < -0.4 is 14.4 Å². The number of hydrogen-bond acceptors (Lipinski definition) is 5. The van der Waals surface area contributed by atoms with Crippen molar-refractivity contribution in [1.82, 2.24) is 10.2 Å². The van der Waals surface area contributed by atoms with Gasteiger partial charge in [-0.25, -0.2) is 8.42 Å². The first-order chi connectivity index (χ1) is 23.2. The summed E-state index contributed by atoms with van der Waals surface area (Å²) in [6.45, 7) is 5.59. The Morgan fingerprint density at radius 2 is 1.42 bits per heavy atom. The summed E-state index contributed by atoms with van der Waals surface area (Å²) < 4.78 is 35.8. The van der Waals surface area contributed by atoms with E-state index in [9.17, 15) is 18.0 Å². The van der Waals surface area contributed by atoms with E-state index < -0.39 is 28.5 Å². The van der Waals surface area contributed by atoms with Gasteiger partial charge in [0.1, 0.15) is 18.3 Å². The summed E-state index contributed by atoms with van der Waals surface area (Å²) in [6.07, 6.45) is 4.16. The molecule has 1 fully saturated rings. The number of anilines is 1. The fourth-order valence-electron chi connectivity index (χ4n) is 6.10. The van der Waals surface area contributed by atoms with E-state index in [2.05, 4.69) is 5.32 Å². The van der Waals surface area contributed by atoms with Crippen LogP contribution in [0.15, 0.2) is 108 Å². The maximum absolute atomic E-state index is 14.8. The Balaban J connectivity index is 1.59. The molecule has 0 spiro atoms. The molecule has 2 amide bonds. The summed E-state index contributed by atoms with van der Waals surface area (Å²) in [7, 11) is -4.24. The number of hydrogen-bond donors (Lipinski definition) is 1. The van der Waals surface area contributed by atoms with Crippen molar-refractivity contribution in [2.45, 2.75) is 76.4 Å². The maximum atomic E-state index is 14.8. The third-order valence-electron chi connectivity index (χ3n) is 8.77. The lowest BCUT2D eigenvalue weighted by Gasteiger charge is -2.34. The zero-order valence-corrected chi connectivity index (χ0v) is 28.8. The van der Waals surface area contributed by atoms with E-state index in [1.54, 1.807) is 53.4 Å². The molecule has 1 N–H and O–H groups in total. The Hall–Kier alpha value is -4.63. The molecule has 1 aliphatic rings. The Labute approximate surface area is 284 Å². The smallest absolute Gasteiger partial charge is 0.264 e. The molecule has 48 heavy (non-hydrogen) atoms. The van der Waals surface area contributed by atoms with Crippen molar-refractivity contribution >= 4 is 27.5 Å². The number of sulfonamides is 1. The highest BCUT2D eigenvalue weighted by atomic mass is 32.2. The first-order valence-electron chi connectivity index (χ1n) is 16.7. The van der Waals surface area contributed by atoms with Crippen LogP contribution in [-0.2, 0) is 32.6 Å². The molecule has 0 radical (unpaired) electrons. The molecule has 1 saturated carbocycles. The number of ether oxygens (including phenoxy) is 1. The first-order valence-corrected chi connectivity index (χ1v) is 18.1. The van der Waals surface area contributed by atoms with Crippen LogP contribution in [0.25, 0.3) is 0 Å². The number of aryl methyl sites for hydroxylation is 2. The molecule has 4 aromatic carbocycles. The number of rotatable bonds is 14. The molecular weight excluding hydrogens is 623 g/mol. The van der Waals surface area contributed by atoms with Crippen LogP contribution >= 0.6 is 0 Å². The highest BCUT2D eigenvalue weighted by molar-refractivity contribution is 7.92. The molecule has 4 aromatic rings. The first kappa shape index (κ1) is 34.7. The molecule has 9 heteroatoms. The quantitative estimate of drug-likeness (QED) is 0.164. The van der Waals surface area contributed by atoms with Gasteiger partial charge in [-0.3, -0.25) is 13.9 Å². The minimum absolute atomic E-state index is 0.0450. The van der Waals surface area contributed by atoms with Crippen molar-refractivity contribution in [3.63, 3.8) is 0 Å². The molecule has 8 nitrogen and oxygen atoms in total. The molecule has 1 atom stereocenters. The topological polar surface area (TPSA) is 96.0 Å². The van der Waals surface area contributed by atoms with Crippen molar-refractivity contribution < 1.29 is 22.7 Å². The highest BCUT2D eigenvalue weighted by Crippen LogP contribution is 2.33. The summed E-state index contributed by atoms with van der Waals surface area (Å²) in [5.74, 6) is -0.401. The average Bonchev–Trinajstić information content (AvgIpc) is 3.60. The van der Waals surface area contributed by atoms with Crippen molar-refractivity contribution in [2.75, 3.05) is 17.5 Å². The van der Waals surface area contributed by atoms with E-state index in [0.717, 1.165) is 52.2 Å². The number of para-hydroxylation sites is 2.